The van der Waals surface area contributed by atoms with Crippen molar-refractivity contribution in [2.45, 2.75) is 18.8 Å². The summed E-state index contributed by atoms with van der Waals surface area (Å²) in [6.45, 7) is 2.81. The van der Waals surface area contributed by atoms with E-state index in [0.717, 1.165) is 48.7 Å². The topological polar surface area (TPSA) is 78.4 Å². The van der Waals surface area contributed by atoms with Crippen LogP contribution >= 0.6 is 0 Å². The summed E-state index contributed by atoms with van der Waals surface area (Å²) >= 11 is 0. The lowest BCUT2D eigenvalue weighted by Crippen LogP contribution is -2.36. The van der Waals surface area contributed by atoms with Gasteiger partial charge in [-0.05, 0) is 31.0 Å². The van der Waals surface area contributed by atoms with Crippen molar-refractivity contribution in [3.63, 3.8) is 0 Å². The van der Waals surface area contributed by atoms with Crippen LogP contribution in [-0.4, -0.2) is 47.3 Å². The number of anilines is 2. The van der Waals surface area contributed by atoms with Crippen LogP contribution in [0.1, 0.15) is 30.0 Å². The minimum atomic E-state index is -0.675. The van der Waals surface area contributed by atoms with Crippen molar-refractivity contribution in [3.8, 4) is 11.3 Å². The number of morpholine rings is 1. The Balaban J connectivity index is 1.52. The van der Waals surface area contributed by atoms with Gasteiger partial charge in [0.25, 0.3) is 0 Å². The number of fused-ring (bicyclic) bond motifs is 3. The van der Waals surface area contributed by atoms with Gasteiger partial charge >= 0.3 is 0 Å². The molecule has 158 valence electrons. The largest absolute Gasteiger partial charge is 0.378 e. The Morgan fingerprint density at radius 3 is 2.61 bits per heavy atom. The first-order chi connectivity index (χ1) is 15.2. The van der Waals surface area contributed by atoms with Crippen molar-refractivity contribution in [1.29, 1.82) is 0 Å². The van der Waals surface area contributed by atoms with Crippen LogP contribution < -0.4 is 10.2 Å². The minimum Gasteiger partial charge on any atom is -0.378 e. The van der Waals surface area contributed by atoms with Crippen molar-refractivity contribution < 1.29 is 13.5 Å². The number of aliphatic imine (C=N–C) groups is 1. The van der Waals surface area contributed by atoms with Crippen molar-refractivity contribution in [1.82, 2.24) is 15.2 Å². The molecule has 0 bridgehead atoms. The molecule has 9 heteroatoms. The second-order valence-corrected chi connectivity index (χ2v) is 7.98. The second-order valence-electron chi connectivity index (χ2n) is 7.98. The van der Waals surface area contributed by atoms with Crippen LogP contribution in [0.2, 0.25) is 0 Å². The van der Waals surface area contributed by atoms with Crippen LogP contribution in [0.15, 0.2) is 35.5 Å². The molecule has 4 heterocycles. The molecular weight excluding hydrogens is 402 g/mol. The number of pyridine rings is 1. The van der Waals surface area contributed by atoms with Gasteiger partial charge in [-0.1, -0.05) is 6.07 Å². The molecule has 0 spiro atoms. The van der Waals surface area contributed by atoms with Crippen LogP contribution in [0.3, 0.4) is 0 Å². The van der Waals surface area contributed by atoms with Gasteiger partial charge in [0.05, 0.1) is 42.0 Å². The van der Waals surface area contributed by atoms with Crippen LogP contribution in [0.25, 0.3) is 11.3 Å². The lowest BCUT2D eigenvalue weighted by molar-refractivity contribution is 0.122. The number of nitrogens with one attached hydrogen (secondary N) is 2. The minimum absolute atomic E-state index is 0.111. The number of ether oxygens (including phenoxy) is 1. The van der Waals surface area contributed by atoms with Crippen molar-refractivity contribution in [2.24, 2.45) is 4.99 Å². The Labute approximate surface area is 177 Å². The fourth-order valence-corrected chi connectivity index (χ4v) is 4.12. The number of aromatic amines is 1. The fraction of sp³-hybridized carbons (Fsp3) is 0.318. The average Bonchev–Trinajstić information content (AvgIpc) is 3.57. The third kappa shape index (κ3) is 3.16. The maximum absolute atomic E-state index is 14.6. The first-order valence-corrected chi connectivity index (χ1v) is 10.4. The molecule has 2 fully saturated rings. The van der Waals surface area contributed by atoms with Gasteiger partial charge in [0.2, 0.25) is 0 Å². The Kier molecular flexibility index (Phi) is 4.24. The summed E-state index contributed by atoms with van der Waals surface area (Å²) in [5.74, 6) is -0.105. The Hall–Kier alpha value is -3.33. The zero-order valence-corrected chi connectivity index (χ0v) is 16.7. The van der Waals surface area contributed by atoms with Crippen LogP contribution in [0, 0.1) is 11.6 Å². The van der Waals surface area contributed by atoms with Crippen molar-refractivity contribution in [3.05, 3.63) is 53.4 Å². The van der Waals surface area contributed by atoms with E-state index in [1.54, 1.807) is 6.20 Å². The third-order valence-corrected chi connectivity index (χ3v) is 5.90. The number of halogens is 2. The summed E-state index contributed by atoms with van der Waals surface area (Å²) in [5.41, 5.74) is 3.44. The maximum Gasteiger partial charge on any atom is 0.144 e. The molecule has 0 unspecified atom stereocenters. The third-order valence-electron chi connectivity index (χ3n) is 5.90. The lowest BCUT2D eigenvalue weighted by atomic mass is 10.1. The van der Waals surface area contributed by atoms with E-state index in [4.69, 9.17) is 4.74 Å². The van der Waals surface area contributed by atoms with Gasteiger partial charge in [-0.2, -0.15) is 5.10 Å². The molecule has 6 rings (SSSR count). The fourth-order valence-electron chi connectivity index (χ4n) is 4.12. The number of nitrogens with zero attached hydrogens (tertiary/aromatic N) is 4. The summed E-state index contributed by atoms with van der Waals surface area (Å²) in [5, 5.41) is 10.8. The smallest absolute Gasteiger partial charge is 0.144 e. The first-order valence-electron chi connectivity index (χ1n) is 10.4. The second kappa shape index (κ2) is 7.12. The highest BCUT2D eigenvalue weighted by molar-refractivity contribution is 6.13. The maximum atomic E-state index is 14.6. The predicted octanol–water partition coefficient (Wildman–Crippen LogP) is 3.97. The van der Waals surface area contributed by atoms with Crippen molar-refractivity contribution in [2.75, 3.05) is 36.5 Å². The Morgan fingerprint density at radius 1 is 1.10 bits per heavy atom. The number of aromatic nitrogens is 3. The van der Waals surface area contributed by atoms with Crippen molar-refractivity contribution >= 4 is 23.0 Å². The highest BCUT2D eigenvalue weighted by atomic mass is 19.1. The van der Waals surface area contributed by atoms with E-state index < -0.39 is 11.6 Å². The predicted molar refractivity (Wildman–Crippen MR) is 113 cm³/mol. The van der Waals surface area contributed by atoms with Gasteiger partial charge in [0.15, 0.2) is 0 Å². The molecule has 1 saturated heterocycles. The normalized spacial score (nSPS) is 18.0. The van der Waals surface area contributed by atoms with E-state index in [9.17, 15) is 8.78 Å². The number of H-pyrrole nitrogens is 1. The molecule has 2 N–H and O–H groups in total. The molecule has 31 heavy (non-hydrogen) atoms. The summed E-state index contributed by atoms with van der Waals surface area (Å²) < 4.78 is 34.7. The monoisotopic (exact) mass is 422 g/mol. The van der Waals surface area contributed by atoms with E-state index in [0.29, 0.717) is 30.5 Å². The first kappa shape index (κ1) is 18.4. The quantitative estimate of drug-likeness (QED) is 0.668. The number of hydrogen-bond acceptors (Lipinski definition) is 6. The summed E-state index contributed by atoms with van der Waals surface area (Å²) in [7, 11) is 0. The van der Waals surface area contributed by atoms with E-state index in [1.807, 2.05) is 6.07 Å². The molecule has 3 aliphatic rings. The molecule has 0 radical (unpaired) electrons. The molecular formula is C22H20F2N6O. The molecule has 1 aromatic carbocycles. The average molecular weight is 422 g/mol. The number of hydrogen-bond donors (Lipinski definition) is 2. The highest BCUT2D eigenvalue weighted by Gasteiger charge is 2.33. The number of rotatable bonds is 3. The molecule has 1 saturated carbocycles. The van der Waals surface area contributed by atoms with E-state index in [-0.39, 0.29) is 11.4 Å². The van der Waals surface area contributed by atoms with E-state index in [2.05, 4.69) is 30.4 Å². The van der Waals surface area contributed by atoms with Gasteiger partial charge in [-0.15, -0.1) is 0 Å². The van der Waals surface area contributed by atoms with Crippen LogP contribution in [0.4, 0.5) is 26.0 Å². The summed E-state index contributed by atoms with van der Waals surface area (Å²) in [6, 6.07) is 5.77. The molecule has 0 amide bonds. The van der Waals surface area contributed by atoms with Gasteiger partial charge in [0, 0.05) is 24.6 Å². The van der Waals surface area contributed by atoms with Gasteiger partial charge < -0.3 is 15.0 Å². The highest BCUT2D eigenvalue weighted by Crippen LogP contribution is 2.48. The summed E-state index contributed by atoms with van der Waals surface area (Å²) in [4.78, 5) is 11.4. The summed E-state index contributed by atoms with van der Waals surface area (Å²) in [6.07, 6.45) is 3.75. The molecule has 3 aromatic rings. The Bertz CT molecular complexity index is 1180. The SMILES string of the molecule is Fc1cccc(F)c1C1=Nc2c(C3CC3)n[nH]c2-c2cc(N3CCOCC3)ncc2N1. The van der Waals surface area contributed by atoms with Crippen LogP contribution in [-0.2, 0) is 4.74 Å². The van der Waals surface area contributed by atoms with E-state index in [1.165, 1.54) is 18.2 Å². The molecule has 2 aromatic heterocycles. The molecule has 2 aliphatic heterocycles. The Morgan fingerprint density at radius 2 is 1.87 bits per heavy atom. The zero-order valence-electron chi connectivity index (χ0n) is 16.7. The molecule has 7 nitrogen and oxygen atoms in total. The number of benzene rings is 1. The molecule has 0 atom stereocenters. The van der Waals surface area contributed by atoms with Gasteiger partial charge in [-0.25, -0.2) is 18.8 Å². The van der Waals surface area contributed by atoms with Gasteiger partial charge in [0.1, 0.15) is 29.0 Å². The zero-order chi connectivity index (χ0) is 20.9. The van der Waals surface area contributed by atoms with Gasteiger partial charge in [-0.3, -0.25) is 5.10 Å². The van der Waals surface area contributed by atoms with Crippen LogP contribution in [0.5, 0.6) is 0 Å². The standard InChI is InChI=1S/C22H20F2N6O/c23-14-2-1-3-15(24)18(14)22-26-16-11-25-17(30-6-8-31-9-7-30)10-13(16)20-21(27-22)19(28-29-20)12-4-5-12/h1-3,10-12H,4-9H2,(H,26,27)(H,28,29). The lowest BCUT2D eigenvalue weighted by Gasteiger charge is -2.28. The van der Waals surface area contributed by atoms with E-state index >= 15 is 0 Å². The number of amidine groups is 1. The molecule has 1 aliphatic carbocycles.